The molecule has 1 heterocycles. The maximum Gasteiger partial charge on any atom is 0.213 e. The van der Waals surface area contributed by atoms with E-state index in [0.717, 1.165) is 32.8 Å². The molecule has 0 aromatic rings. The molecule has 6 nitrogen and oxygen atoms in total. The van der Waals surface area contributed by atoms with Crippen LogP contribution in [-0.4, -0.2) is 55.0 Å². The van der Waals surface area contributed by atoms with Gasteiger partial charge in [-0.2, -0.15) is 0 Å². The van der Waals surface area contributed by atoms with Gasteiger partial charge in [-0.05, 0) is 6.92 Å². The second-order valence-electron chi connectivity index (χ2n) is 3.39. The summed E-state index contributed by atoms with van der Waals surface area (Å²) >= 11 is 0. The summed E-state index contributed by atoms with van der Waals surface area (Å²) in [6.45, 7) is 6.23. The van der Waals surface area contributed by atoms with Crippen LogP contribution in [-0.2, 0) is 4.74 Å². The molecule has 1 unspecified atom stereocenters. The third-order valence-electron chi connectivity index (χ3n) is 2.10. The summed E-state index contributed by atoms with van der Waals surface area (Å²) in [5.41, 5.74) is 7.14. The first-order valence-corrected chi connectivity index (χ1v) is 4.76. The predicted molar refractivity (Wildman–Crippen MR) is 53.3 cm³/mol. The third-order valence-corrected chi connectivity index (χ3v) is 2.10. The predicted octanol–water partition coefficient (Wildman–Crippen LogP) is -0.999. The zero-order chi connectivity index (χ0) is 10.4. The van der Waals surface area contributed by atoms with Gasteiger partial charge in [-0.3, -0.25) is 10.1 Å². The summed E-state index contributed by atoms with van der Waals surface area (Å²) in [4.78, 5) is 6.31. The maximum atomic E-state index is 8.45. The Morgan fingerprint density at radius 1 is 1.64 bits per heavy atom. The van der Waals surface area contributed by atoms with Crippen molar-refractivity contribution < 1.29 is 9.94 Å². The molecule has 4 N–H and O–H groups in total. The fourth-order valence-corrected chi connectivity index (χ4v) is 1.46. The summed E-state index contributed by atoms with van der Waals surface area (Å²) in [5.74, 6) is 0.0609. The van der Waals surface area contributed by atoms with Crippen molar-refractivity contribution in [1.82, 2.24) is 10.4 Å². The molecular formula is C8H18N4O2. The molecule has 0 bridgehead atoms. The smallest absolute Gasteiger partial charge is 0.213 e. The van der Waals surface area contributed by atoms with Crippen LogP contribution in [0.5, 0.6) is 0 Å². The van der Waals surface area contributed by atoms with Crippen LogP contribution in [0.2, 0.25) is 0 Å². The van der Waals surface area contributed by atoms with E-state index >= 15 is 0 Å². The van der Waals surface area contributed by atoms with Crippen molar-refractivity contribution in [3.63, 3.8) is 0 Å². The van der Waals surface area contributed by atoms with Crippen molar-refractivity contribution in [1.29, 1.82) is 0 Å². The van der Waals surface area contributed by atoms with Crippen molar-refractivity contribution in [2.24, 2.45) is 10.7 Å². The topological polar surface area (TPSA) is 83.1 Å². The molecule has 1 fully saturated rings. The van der Waals surface area contributed by atoms with Gasteiger partial charge in [0, 0.05) is 19.6 Å². The van der Waals surface area contributed by atoms with Gasteiger partial charge in [-0.25, -0.2) is 10.5 Å². The van der Waals surface area contributed by atoms with E-state index < -0.39 is 0 Å². The summed E-state index contributed by atoms with van der Waals surface area (Å²) in [6, 6.07) is 0.0766. The lowest BCUT2D eigenvalue weighted by atomic mass is 10.3. The van der Waals surface area contributed by atoms with Gasteiger partial charge in [-0.1, -0.05) is 0 Å². The van der Waals surface area contributed by atoms with E-state index in [0.29, 0.717) is 0 Å². The van der Waals surface area contributed by atoms with Crippen molar-refractivity contribution in [2.45, 2.75) is 13.0 Å². The molecule has 1 saturated heterocycles. The standard InChI is InChI=1S/C8H18N4O2/c1-7(10-8(9)11-13)6-12-2-4-14-5-3-12/h7,13H,2-6H2,1H3,(H3,9,10,11). The highest BCUT2D eigenvalue weighted by Crippen LogP contribution is 2.00. The van der Waals surface area contributed by atoms with E-state index in [9.17, 15) is 0 Å². The Morgan fingerprint density at radius 2 is 2.29 bits per heavy atom. The number of aliphatic imine (C=N–C) groups is 1. The number of nitrogens with one attached hydrogen (secondary N) is 1. The average Bonchev–Trinajstić information content (AvgIpc) is 2.19. The van der Waals surface area contributed by atoms with Crippen LogP contribution < -0.4 is 11.2 Å². The Bertz CT molecular complexity index is 192. The molecule has 0 aliphatic carbocycles. The van der Waals surface area contributed by atoms with Gasteiger partial charge in [0.15, 0.2) is 0 Å². The highest BCUT2D eigenvalue weighted by atomic mass is 16.5. The largest absolute Gasteiger partial charge is 0.379 e. The average molecular weight is 202 g/mol. The number of rotatable bonds is 3. The van der Waals surface area contributed by atoms with E-state index in [4.69, 9.17) is 15.7 Å². The molecular weight excluding hydrogens is 184 g/mol. The van der Waals surface area contributed by atoms with Crippen LogP contribution in [0, 0.1) is 0 Å². The SMILES string of the molecule is CC(CN1CCOCC1)N=C(N)NO. The lowest BCUT2D eigenvalue weighted by Crippen LogP contribution is -2.40. The van der Waals surface area contributed by atoms with Gasteiger partial charge in [0.05, 0.1) is 19.3 Å². The van der Waals surface area contributed by atoms with Crippen molar-refractivity contribution in [3.8, 4) is 0 Å². The van der Waals surface area contributed by atoms with Crippen LogP contribution in [0.1, 0.15) is 6.92 Å². The fraction of sp³-hybridized carbons (Fsp3) is 0.875. The number of morpholine rings is 1. The minimum Gasteiger partial charge on any atom is -0.379 e. The van der Waals surface area contributed by atoms with E-state index in [1.807, 2.05) is 12.4 Å². The lowest BCUT2D eigenvalue weighted by Gasteiger charge is -2.27. The number of nitrogens with zero attached hydrogens (tertiary/aromatic N) is 2. The molecule has 82 valence electrons. The zero-order valence-corrected chi connectivity index (χ0v) is 8.44. The normalized spacial score (nSPS) is 22.0. The third kappa shape index (κ3) is 3.91. The van der Waals surface area contributed by atoms with Crippen LogP contribution in [0.3, 0.4) is 0 Å². The van der Waals surface area contributed by atoms with Crippen molar-refractivity contribution >= 4 is 5.96 Å². The van der Waals surface area contributed by atoms with Gasteiger partial charge >= 0.3 is 0 Å². The van der Waals surface area contributed by atoms with Gasteiger partial charge in [0.1, 0.15) is 0 Å². The molecule has 14 heavy (non-hydrogen) atoms. The lowest BCUT2D eigenvalue weighted by molar-refractivity contribution is 0.0361. The van der Waals surface area contributed by atoms with Gasteiger partial charge < -0.3 is 10.5 Å². The number of ether oxygens (including phenoxy) is 1. The molecule has 1 aliphatic rings. The summed E-state index contributed by atoms with van der Waals surface area (Å²) in [5, 5.41) is 8.45. The van der Waals surface area contributed by atoms with Crippen LogP contribution >= 0.6 is 0 Å². The molecule has 0 radical (unpaired) electrons. The first kappa shape index (κ1) is 11.2. The van der Waals surface area contributed by atoms with Gasteiger partial charge in [-0.15, -0.1) is 0 Å². The number of hydrogen-bond donors (Lipinski definition) is 3. The molecule has 0 aromatic carbocycles. The van der Waals surface area contributed by atoms with E-state index in [2.05, 4.69) is 9.89 Å². The Hall–Kier alpha value is -0.850. The minimum atomic E-state index is 0.0609. The molecule has 0 spiro atoms. The molecule has 1 aliphatic heterocycles. The highest BCUT2D eigenvalue weighted by molar-refractivity contribution is 5.76. The molecule has 6 heteroatoms. The molecule has 1 rings (SSSR count). The first-order chi connectivity index (χ1) is 6.72. The molecule has 0 aromatic heterocycles. The summed E-state index contributed by atoms with van der Waals surface area (Å²) in [7, 11) is 0. The van der Waals surface area contributed by atoms with Crippen LogP contribution in [0.15, 0.2) is 4.99 Å². The van der Waals surface area contributed by atoms with E-state index in [1.54, 1.807) is 0 Å². The number of hydrogen-bond acceptors (Lipinski definition) is 4. The Balaban J connectivity index is 2.28. The monoisotopic (exact) mass is 202 g/mol. The van der Waals surface area contributed by atoms with Crippen molar-refractivity contribution in [2.75, 3.05) is 32.8 Å². The van der Waals surface area contributed by atoms with Gasteiger partial charge in [0.25, 0.3) is 0 Å². The number of guanidine groups is 1. The zero-order valence-electron chi connectivity index (χ0n) is 8.44. The minimum absolute atomic E-state index is 0.0609. The number of nitrogens with two attached hydrogens (primary N) is 1. The fourth-order valence-electron chi connectivity index (χ4n) is 1.46. The number of hydroxylamine groups is 1. The van der Waals surface area contributed by atoms with Crippen LogP contribution in [0.25, 0.3) is 0 Å². The van der Waals surface area contributed by atoms with Crippen molar-refractivity contribution in [3.05, 3.63) is 0 Å². The second kappa shape index (κ2) is 5.79. The molecule has 0 amide bonds. The summed E-state index contributed by atoms with van der Waals surface area (Å²) in [6.07, 6.45) is 0. The van der Waals surface area contributed by atoms with Crippen LogP contribution in [0.4, 0.5) is 0 Å². The maximum absolute atomic E-state index is 8.45. The Labute approximate surface area is 83.7 Å². The first-order valence-electron chi connectivity index (χ1n) is 4.76. The highest BCUT2D eigenvalue weighted by Gasteiger charge is 2.12. The second-order valence-corrected chi connectivity index (χ2v) is 3.39. The molecule has 1 atom stereocenters. The van der Waals surface area contributed by atoms with E-state index in [-0.39, 0.29) is 12.0 Å². The van der Waals surface area contributed by atoms with Gasteiger partial charge in [0.2, 0.25) is 5.96 Å². The quantitative estimate of drug-likeness (QED) is 0.311. The Morgan fingerprint density at radius 3 is 2.86 bits per heavy atom. The van der Waals surface area contributed by atoms with E-state index in [1.165, 1.54) is 0 Å². The summed E-state index contributed by atoms with van der Waals surface area (Å²) < 4.78 is 5.23. The Kier molecular flexibility index (Phi) is 4.64. The molecule has 0 saturated carbocycles.